The summed E-state index contributed by atoms with van der Waals surface area (Å²) in [6.45, 7) is 7.17. The van der Waals surface area contributed by atoms with Crippen molar-refractivity contribution in [2.24, 2.45) is 0 Å². The van der Waals surface area contributed by atoms with E-state index in [-0.39, 0.29) is 18.8 Å². The molecule has 2 aromatic carbocycles. The van der Waals surface area contributed by atoms with E-state index < -0.39 is 6.10 Å². The zero-order chi connectivity index (χ0) is 19.3. The lowest BCUT2D eigenvalue weighted by molar-refractivity contribution is 0.0380. The minimum atomic E-state index is -0.539. The Labute approximate surface area is 162 Å². The number of hydrogen-bond donors (Lipinski definition) is 3. The highest BCUT2D eigenvalue weighted by Gasteiger charge is 2.18. The lowest BCUT2D eigenvalue weighted by Crippen LogP contribution is -2.40. The minimum Gasteiger partial charge on any atom is -0.491 e. The van der Waals surface area contributed by atoms with Crippen LogP contribution < -0.4 is 15.4 Å². The van der Waals surface area contributed by atoms with Crippen LogP contribution in [0.25, 0.3) is 0 Å². The maximum atomic E-state index is 10.00. The lowest BCUT2D eigenvalue weighted by Gasteiger charge is -2.25. The minimum absolute atomic E-state index is 0.0288. The third kappa shape index (κ3) is 8.10. The molecule has 0 aliphatic rings. The normalized spacial score (nSPS) is 14.5. The summed E-state index contributed by atoms with van der Waals surface area (Å²) < 4.78 is 11.5. The second-order valence-electron chi connectivity index (χ2n) is 6.51. The van der Waals surface area contributed by atoms with Crippen molar-refractivity contribution in [3.05, 3.63) is 66.2 Å². The van der Waals surface area contributed by atoms with Gasteiger partial charge < -0.3 is 25.2 Å². The zero-order valence-corrected chi connectivity index (χ0v) is 16.3. The molecule has 0 heterocycles. The van der Waals surface area contributed by atoms with Crippen LogP contribution in [0.3, 0.4) is 0 Å². The average molecular weight is 373 g/mol. The number of aliphatic hydroxyl groups excluding tert-OH is 1. The molecule has 27 heavy (non-hydrogen) atoms. The Hall–Kier alpha value is -1.92. The Balaban J connectivity index is 1.62. The maximum absolute atomic E-state index is 10.00. The second-order valence-corrected chi connectivity index (χ2v) is 6.51. The van der Waals surface area contributed by atoms with Gasteiger partial charge in [0.15, 0.2) is 0 Å². The SMILES string of the molecule is CCOC(c1ccccc1)C(C)NCCNCC(O)COc1ccccc1. The monoisotopic (exact) mass is 372 g/mol. The Morgan fingerprint density at radius 3 is 2.30 bits per heavy atom. The van der Waals surface area contributed by atoms with Gasteiger partial charge in [0.2, 0.25) is 0 Å². The number of nitrogens with one attached hydrogen (secondary N) is 2. The number of para-hydroxylation sites is 1. The van der Waals surface area contributed by atoms with Gasteiger partial charge in [-0.2, -0.15) is 0 Å². The summed E-state index contributed by atoms with van der Waals surface area (Å²) in [5.41, 5.74) is 1.18. The molecular weight excluding hydrogens is 340 g/mol. The first-order valence-electron chi connectivity index (χ1n) is 9.67. The van der Waals surface area contributed by atoms with Crippen molar-refractivity contribution < 1.29 is 14.6 Å². The molecule has 0 spiro atoms. The predicted octanol–water partition coefficient (Wildman–Crippen LogP) is 2.77. The van der Waals surface area contributed by atoms with E-state index in [4.69, 9.17) is 9.47 Å². The highest BCUT2D eigenvalue weighted by atomic mass is 16.5. The molecule has 0 radical (unpaired) electrons. The third-order valence-corrected chi connectivity index (χ3v) is 4.26. The van der Waals surface area contributed by atoms with Crippen molar-refractivity contribution in [2.75, 3.05) is 32.8 Å². The fourth-order valence-corrected chi connectivity index (χ4v) is 2.88. The third-order valence-electron chi connectivity index (χ3n) is 4.26. The number of hydrogen-bond acceptors (Lipinski definition) is 5. The summed E-state index contributed by atoms with van der Waals surface area (Å²) in [5.74, 6) is 0.773. The molecule has 3 atom stereocenters. The van der Waals surface area contributed by atoms with E-state index in [0.29, 0.717) is 13.2 Å². The molecule has 3 unspecified atom stereocenters. The van der Waals surface area contributed by atoms with E-state index in [2.05, 4.69) is 29.7 Å². The molecule has 0 saturated carbocycles. The Morgan fingerprint density at radius 1 is 0.963 bits per heavy atom. The maximum Gasteiger partial charge on any atom is 0.119 e. The molecule has 3 N–H and O–H groups in total. The topological polar surface area (TPSA) is 62.8 Å². The quantitative estimate of drug-likeness (QED) is 0.472. The first kappa shape index (κ1) is 21.4. The fourth-order valence-electron chi connectivity index (χ4n) is 2.88. The standard InChI is InChI=1S/C22H32N2O3/c1-3-26-22(19-10-6-4-7-11-19)18(2)24-15-14-23-16-20(25)17-27-21-12-8-5-9-13-21/h4-13,18,20,22-25H,3,14-17H2,1-2H3. The Bertz CT molecular complexity index is 609. The van der Waals surface area contributed by atoms with E-state index in [1.54, 1.807) is 0 Å². The van der Waals surface area contributed by atoms with Gasteiger partial charge in [0.1, 0.15) is 18.5 Å². The molecule has 0 aliphatic carbocycles. The summed E-state index contributed by atoms with van der Waals surface area (Å²) in [7, 11) is 0. The highest BCUT2D eigenvalue weighted by molar-refractivity contribution is 5.21. The molecule has 0 bridgehead atoms. The van der Waals surface area contributed by atoms with Crippen LogP contribution in [-0.2, 0) is 4.74 Å². The van der Waals surface area contributed by atoms with Crippen molar-refractivity contribution in [3.63, 3.8) is 0 Å². The Kier molecular flexibility index (Phi) is 9.87. The van der Waals surface area contributed by atoms with Crippen LogP contribution in [0, 0.1) is 0 Å². The van der Waals surface area contributed by atoms with Crippen LogP contribution in [0.4, 0.5) is 0 Å². The van der Waals surface area contributed by atoms with E-state index in [1.807, 2.05) is 55.5 Å². The zero-order valence-electron chi connectivity index (χ0n) is 16.3. The van der Waals surface area contributed by atoms with Crippen LogP contribution in [0.15, 0.2) is 60.7 Å². The molecule has 148 valence electrons. The van der Waals surface area contributed by atoms with Gasteiger partial charge in [0.25, 0.3) is 0 Å². The molecule has 2 rings (SSSR count). The van der Waals surface area contributed by atoms with E-state index in [9.17, 15) is 5.11 Å². The van der Waals surface area contributed by atoms with Crippen molar-refractivity contribution in [2.45, 2.75) is 32.1 Å². The molecule has 0 fully saturated rings. The van der Waals surface area contributed by atoms with Crippen LogP contribution >= 0.6 is 0 Å². The van der Waals surface area contributed by atoms with Crippen molar-refractivity contribution >= 4 is 0 Å². The summed E-state index contributed by atoms with van der Waals surface area (Å²) in [6, 6.07) is 20.0. The summed E-state index contributed by atoms with van der Waals surface area (Å²) in [4.78, 5) is 0. The molecule has 2 aromatic rings. The average Bonchev–Trinajstić information content (AvgIpc) is 2.71. The van der Waals surface area contributed by atoms with E-state index in [1.165, 1.54) is 5.56 Å². The van der Waals surface area contributed by atoms with Crippen molar-refractivity contribution in [3.8, 4) is 5.75 Å². The molecular formula is C22H32N2O3. The van der Waals surface area contributed by atoms with Crippen LogP contribution in [0.2, 0.25) is 0 Å². The number of benzene rings is 2. The molecule has 0 amide bonds. The van der Waals surface area contributed by atoms with Crippen molar-refractivity contribution in [1.29, 1.82) is 0 Å². The second kappa shape index (κ2) is 12.5. The lowest BCUT2D eigenvalue weighted by atomic mass is 10.0. The van der Waals surface area contributed by atoms with Crippen LogP contribution in [0.1, 0.15) is 25.5 Å². The molecule has 5 nitrogen and oxygen atoms in total. The van der Waals surface area contributed by atoms with Gasteiger partial charge in [-0.15, -0.1) is 0 Å². The largest absolute Gasteiger partial charge is 0.491 e. The van der Waals surface area contributed by atoms with Gasteiger partial charge in [0.05, 0.1) is 6.10 Å². The van der Waals surface area contributed by atoms with Gasteiger partial charge in [0, 0.05) is 32.3 Å². The van der Waals surface area contributed by atoms with Gasteiger partial charge in [-0.25, -0.2) is 0 Å². The summed E-state index contributed by atoms with van der Waals surface area (Å²) >= 11 is 0. The predicted molar refractivity (Wildman–Crippen MR) is 109 cm³/mol. The van der Waals surface area contributed by atoms with Gasteiger partial charge in [-0.1, -0.05) is 48.5 Å². The smallest absolute Gasteiger partial charge is 0.119 e. The number of ether oxygens (including phenoxy) is 2. The first-order valence-corrected chi connectivity index (χ1v) is 9.67. The van der Waals surface area contributed by atoms with Crippen LogP contribution in [0.5, 0.6) is 5.75 Å². The Morgan fingerprint density at radius 2 is 1.63 bits per heavy atom. The fraction of sp³-hybridized carbons (Fsp3) is 0.455. The molecule has 0 aliphatic heterocycles. The van der Waals surface area contributed by atoms with Gasteiger partial charge in [-0.05, 0) is 31.5 Å². The highest BCUT2D eigenvalue weighted by Crippen LogP contribution is 2.20. The molecule has 0 aromatic heterocycles. The van der Waals surface area contributed by atoms with Gasteiger partial charge in [-0.3, -0.25) is 0 Å². The summed E-state index contributed by atoms with van der Waals surface area (Å²) in [6.07, 6.45) is -0.510. The van der Waals surface area contributed by atoms with Gasteiger partial charge >= 0.3 is 0 Å². The van der Waals surface area contributed by atoms with E-state index in [0.717, 1.165) is 18.8 Å². The summed E-state index contributed by atoms with van der Waals surface area (Å²) in [5, 5.41) is 16.7. The van der Waals surface area contributed by atoms with E-state index >= 15 is 0 Å². The molecule has 0 saturated heterocycles. The first-order chi connectivity index (χ1) is 13.2. The van der Waals surface area contributed by atoms with Crippen molar-refractivity contribution in [1.82, 2.24) is 10.6 Å². The molecule has 5 heteroatoms. The number of aliphatic hydroxyl groups is 1. The number of rotatable bonds is 13. The van der Waals surface area contributed by atoms with Crippen LogP contribution in [-0.4, -0.2) is 50.1 Å².